The molecule has 0 saturated heterocycles. The van der Waals surface area contributed by atoms with Crippen LogP contribution < -0.4 is 10.0 Å². The third kappa shape index (κ3) is 4.01. The molecule has 2 N–H and O–H groups in total. The van der Waals surface area contributed by atoms with Crippen molar-refractivity contribution in [1.29, 1.82) is 0 Å². The van der Waals surface area contributed by atoms with Gasteiger partial charge in [0.2, 0.25) is 0 Å². The van der Waals surface area contributed by atoms with Gasteiger partial charge in [-0.25, -0.2) is 22.9 Å². The molecule has 10 heteroatoms. The van der Waals surface area contributed by atoms with Gasteiger partial charge in [-0.15, -0.1) is 0 Å². The van der Waals surface area contributed by atoms with Crippen molar-refractivity contribution in [2.75, 3.05) is 5.32 Å². The number of rotatable bonds is 4. The van der Waals surface area contributed by atoms with Crippen molar-refractivity contribution < 1.29 is 18.1 Å². The lowest BCUT2D eigenvalue weighted by Crippen LogP contribution is -2.34. The standard InChI is InChI=1S/C13H12N4O5S/c1-9-5-4-8-12(14-9)15-13(18)16-23(21,22)11-7-3-2-6-10(11)17(19)20/h2-8H,1H3,(H2,14,15,16,18). The quantitative estimate of drug-likeness (QED) is 0.646. The predicted molar refractivity (Wildman–Crippen MR) is 81.4 cm³/mol. The van der Waals surface area contributed by atoms with Gasteiger partial charge in [-0.2, -0.15) is 0 Å². The lowest BCUT2D eigenvalue weighted by Gasteiger charge is -2.08. The van der Waals surface area contributed by atoms with Crippen molar-refractivity contribution in [3.05, 3.63) is 58.3 Å². The summed E-state index contributed by atoms with van der Waals surface area (Å²) in [5.41, 5.74) is 0.00540. The van der Waals surface area contributed by atoms with Crippen molar-refractivity contribution in [3.8, 4) is 0 Å². The Morgan fingerprint density at radius 2 is 1.87 bits per heavy atom. The second-order valence-electron chi connectivity index (χ2n) is 4.45. The molecule has 0 saturated carbocycles. The fourth-order valence-corrected chi connectivity index (χ4v) is 2.85. The minimum atomic E-state index is -4.40. The molecule has 0 bridgehead atoms. The molecule has 9 nitrogen and oxygen atoms in total. The van der Waals surface area contributed by atoms with Gasteiger partial charge in [0, 0.05) is 11.8 Å². The van der Waals surface area contributed by atoms with Crippen LogP contribution in [0.5, 0.6) is 0 Å². The van der Waals surface area contributed by atoms with Gasteiger partial charge in [-0.3, -0.25) is 15.4 Å². The molecule has 120 valence electrons. The molecule has 0 fully saturated rings. The van der Waals surface area contributed by atoms with E-state index in [1.54, 1.807) is 23.8 Å². The summed E-state index contributed by atoms with van der Waals surface area (Å²) in [5.74, 6) is 0.153. The molecule has 23 heavy (non-hydrogen) atoms. The third-order valence-corrected chi connectivity index (χ3v) is 4.09. The molecule has 1 aromatic heterocycles. The zero-order chi connectivity index (χ0) is 17.0. The number of hydrogen-bond acceptors (Lipinski definition) is 6. The van der Waals surface area contributed by atoms with Crippen LogP contribution in [0, 0.1) is 17.0 Å². The number of pyridine rings is 1. The SMILES string of the molecule is Cc1cccc(NC(=O)NS(=O)(=O)c2ccccc2[N+](=O)[O-])n1. The maximum atomic E-state index is 12.1. The van der Waals surface area contributed by atoms with Gasteiger partial charge in [0.15, 0.2) is 4.90 Å². The number of aromatic nitrogens is 1. The largest absolute Gasteiger partial charge is 0.334 e. The van der Waals surface area contributed by atoms with Crippen molar-refractivity contribution >= 4 is 27.6 Å². The fourth-order valence-electron chi connectivity index (χ4n) is 1.77. The van der Waals surface area contributed by atoms with E-state index in [0.717, 1.165) is 12.1 Å². The molecule has 0 unspecified atom stereocenters. The van der Waals surface area contributed by atoms with Gasteiger partial charge < -0.3 is 0 Å². The van der Waals surface area contributed by atoms with Crippen LogP contribution in [0.1, 0.15) is 5.69 Å². The Labute approximate surface area is 131 Å². The Morgan fingerprint density at radius 3 is 2.52 bits per heavy atom. The summed E-state index contributed by atoms with van der Waals surface area (Å²) in [4.78, 5) is 25.2. The predicted octanol–water partition coefficient (Wildman–Crippen LogP) is 1.81. The number of urea groups is 1. The van der Waals surface area contributed by atoms with Gasteiger partial charge in [0.25, 0.3) is 15.7 Å². The number of nitrogens with one attached hydrogen (secondary N) is 2. The molecule has 0 aliphatic carbocycles. The Kier molecular flexibility index (Phi) is 4.55. The van der Waals surface area contributed by atoms with Crippen LogP contribution in [0.15, 0.2) is 47.4 Å². The lowest BCUT2D eigenvalue weighted by molar-refractivity contribution is -0.387. The molecule has 2 rings (SSSR count). The maximum Gasteiger partial charge on any atom is 0.334 e. The van der Waals surface area contributed by atoms with Gasteiger partial charge in [-0.1, -0.05) is 18.2 Å². The molecule has 2 aromatic rings. The zero-order valence-corrected chi connectivity index (χ0v) is 12.7. The van der Waals surface area contributed by atoms with Crippen molar-refractivity contribution in [2.24, 2.45) is 0 Å². The van der Waals surface area contributed by atoms with Crippen LogP contribution in [-0.2, 0) is 10.0 Å². The van der Waals surface area contributed by atoms with E-state index in [0.29, 0.717) is 5.69 Å². The molecular weight excluding hydrogens is 324 g/mol. The van der Waals surface area contributed by atoms with Crippen LogP contribution in [0.3, 0.4) is 0 Å². The van der Waals surface area contributed by atoms with Crippen LogP contribution in [0.2, 0.25) is 0 Å². The molecule has 1 aromatic carbocycles. The Hall–Kier alpha value is -3.01. The van der Waals surface area contributed by atoms with Crippen LogP contribution in [0.25, 0.3) is 0 Å². The molecule has 0 aliphatic rings. The average Bonchev–Trinajstić information content (AvgIpc) is 2.46. The summed E-state index contributed by atoms with van der Waals surface area (Å²) in [6, 6.07) is 8.47. The van der Waals surface area contributed by atoms with E-state index in [9.17, 15) is 23.3 Å². The van der Waals surface area contributed by atoms with E-state index < -0.39 is 31.6 Å². The number of amides is 2. The van der Waals surface area contributed by atoms with Crippen molar-refractivity contribution in [2.45, 2.75) is 11.8 Å². The van der Waals surface area contributed by atoms with Gasteiger partial charge in [-0.05, 0) is 25.1 Å². The molecular formula is C13H12N4O5S. The molecule has 2 amide bonds. The third-order valence-electron chi connectivity index (χ3n) is 2.71. The van der Waals surface area contributed by atoms with Gasteiger partial charge >= 0.3 is 6.03 Å². The van der Waals surface area contributed by atoms with E-state index >= 15 is 0 Å². The monoisotopic (exact) mass is 336 g/mol. The highest BCUT2D eigenvalue weighted by molar-refractivity contribution is 7.90. The number of sulfonamides is 1. The first-order valence-electron chi connectivity index (χ1n) is 6.30. The second kappa shape index (κ2) is 6.40. The minimum absolute atomic E-state index is 0.153. The molecule has 1 heterocycles. The second-order valence-corrected chi connectivity index (χ2v) is 6.10. The van der Waals surface area contributed by atoms with Gasteiger partial charge in [0.1, 0.15) is 5.82 Å². The highest BCUT2D eigenvalue weighted by Crippen LogP contribution is 2.22. The summed E-state index contributed by atoms with van der Waals surface area (Å²) in [5, 5.41) is 13.1. The Balaban J connectivity index is 2.22. The smallest absolute Gasteiger partial charge is 0.292 e. The number of para-hydroxylation sites is 1. The zero-order valence-electron chi connectivity index (χ0n) is 11.9. The molecule has 0 radical (unpaired) electrons. The number of nitro groups is 1. The van der Waals surface area contributed by atoms with E-state index in [4.69, 9.17) is 0 Å². The number of carbonyl (C=O) groups is 1. The first kappa shape index (κ1) is 16.4. The number of hydrogen-bond donors (Lipinski definition) is 2. The Bertz CT molecular complexity index is 866. The molecule has 0 atom stereocenters. The average molecular weight is 336 g/mol. The number of nitrogens with zero attached hydrogens (tertiary/aromatic N) is 2. The topological polar surface area (TPSA) is 131 Å². The van der Waals surface area contributed by atoms with E-state index in [1.807, 2.05) is 0 Å². The minimum Gasteiger partial charge on any atom is -0.292 e. The van der Waals surface area contributed by atoms with Crippen LogP contribution >= 0.6 is 0 Å². The number of nitro benzene ring substituents is 1. The summed E-state index contributed by atoms with van der Waals surface area (Å²) in [6.07, 6.45) is 0. The van der Waals surface area contributed by atoms with Crippen molar-refractivity contribution in [1.82, 2.24) is 9.71 Å². The summed E-state index contributed by atoms with van der Waals surface area (Å²) < 4.78 is 26.0. The van der Waals surface area contributed by atoms with Crippen LogP contribution in [-0.4, -0.2) is 24.4 Å². The van der Waals surface area contributed by atoms with E-state index in [1.165, 1.54) is 18.2 Å². The first-order chi connectivity index (χ1) is 10.8. The molecule has 0 aliphatic heterocycles. The highest BCUT2D eigenvalue weighted by Gasteiger charge is 2.26. The number of benzene rings is 1. The first-order valence-corrected chi connectivity index (χ1v) is 7.79. The van der Waals surface area contributed by atoms with Crippen molar-refractivity contribution in [3.63, 3.8) is 0 Å². The van der Waals surface area contributed by atoms with Crippen LogP contribution in [0.4, 0.5) is 16.3 Å². The van der Waals surface area contributed by atoms with E-state index in [-0.39, 0.29) is 5.82 Å². The summed E-state index contributed by atoms with van der Waals surface area (Å²) in [6.45, 7) is 1.70. The number of aryl methyl sites for hydroxylation is 1. The fraction of sp³-hybridized carbons (Fsp3) is 0.0769. The molecule has 0 spiro atoms. The lowest BCUT2D eigenvalue weighted by atomic mass is 10.3. The number of anilines is 1. The summed E-state index contributed by atoms with van der Waals surface area (Å²) >= 11 is 0. The summed E-state index contributed by atoms with van der Waals surface area (Å²) in [7, 11) is -4.40. The Morgan fingerprint density at radius 1 is 1.17 bits per heavy atom. The maximum absolute atomic E-state index is 12.1. The van der Waals surface area contributed by atoms with Gasteiger partial charge in [0.05, 0.1) is 4.92 Å². The normalized spacial score (nSPS) is 10.8. The number of carbonyl (C=O) groups excluding carboxylic acids is 1. The van der Waals surface area contributed by atoms with E-state index in [2.05, 4.69) is 10.3 Å². The highest BCUT2D eigenvalue weighted by atomic mass is 32.2.